The number of amides is 1. The summed E-state index contributed by atoms with van der Waals surface area (Å²) in [5.41, 5.74) is 2.53. The van der Waals surface area contributed by atoms with E-state index in [-0.39, 0.29) is 11.4 Å². The SMILES string of the molecule is Cc1ccc(C)c(S(=O)(=O)N(CC(=O)Nc2cc(Cl)ccc2Oc2ccccc2)Cc2ccccc2)c1. The average Bonchev–Trinajstić information content (AvgIpc) is 2.88. The maximum Gasteiger partial charge on any atom is 0.244 e. The number of carbonyl (C=O) groups excluding carboxylic acids is 1. The highest BCUT2D eigenvalue weighted by molar-refractivity contribution is 7.89. The molecule has 8 heteroatoms. The maximum absolute atomic E-state index is 13.8. The number of carbonyl (C=O) groups is 1. The van der Waals surface area contributed by atoms with Crippen LogP contribution in [0.2, 0.25) is 5.02 Å². The van der Waals surface area contributed by atoms with Gasteiger partial charge in [-0.25, -0.2) is 8.42 Å². The van der Waals surface area contributed by atoms with Gasteiger partial charge in [-0.2, -0.15) is 4.31 Å². The summed E-state index contributed by atoms with van der Waals surface area (Å²) in [6, 6.07) is 28.4. The Morgan fingerprint density at radius 2 is 1.57 bits per heavy atom. The number of halogens is 1. The minimum Gasteiger partial charge on any atom is -0.455 e. The van der Waals surface area contributed by atoms with Crippen LogP contribution in [0.5, 0.6) is 11.5 Å². The van der Waals surface area contributed by atoms with Gasteiger partial charge >= 0.3 is 0 Å². The van der Waals surface area contributed by atoms with Crippen LogP contribution in [-0.4, -0.2) is 25.2 Å². The van der Waals surface area contributed by atoms with Gasteiger partial charge in [-0.1, -0.05) is 72.3 Å². The average molecular weight is 535 g/mol. The molecule has 0 aromatic heterocycles. The van der Waals surface area contributed by atoms with E-state index in [0.717, 1.165) is 11.1 Å². The number of ether oxygens (including phenoxy) is 1. The molecule has 0 saturated heterocycles. The summed E-state index contributed by atoms with van der Waals surface area (Å²) < 4.78 is 34.6. The van der Waals surface area contributed by atoms with E-state index in [4.69, 9.17) is 16.3 Å². The van der Waals surface area contributed by atoms with Crippen molar-refractivity contribution >= 4 is 33.2 Å². The van der Waals surface area contributed by atoms with Crippen LogP contribution in [0.25, 0.3) is 0 Å². The molecule has 0 heterocycles. The number of aryl methyl sites for hydroxylation is 2. The first-order chi connectivity index (χ1) is 17.7. The second kappa shape index (κ2) is 11.6. The molecule has 4 aromatic carbocycles. The predicted molar refractivity (Wildman–Crippen MR) is 147 cm³/mol. The molecule has 0 aliphatic carbocycles. The second-order valence-corrected chi connectivity index (χ2v) is 11.0. The topological polar surface area (TPSA) is 75.7 Å². The molecule has 0 spiro atoms. The van der Waals surface area contributed by atoms with E-state index in [1.165, 1.54) is 4.31 Å². The summed E-state index contributed by atoms with van der Waals surface area (Å²) in [4.78, 5) is 13.4. The van der Waals surface area contributed by atoms with Gasteiger partial charge in [0, 0.05) is 11.6 Å². The lowest BCUT2D eigenvalue weighted by molar-refractivity contribution is -0.116. The highest BCUT2D eigenvalue weighted by Gasteiger charge is 2.29. The summed E-state index contributed by atoms with van der Waals surface area (Å²) in [5, 5.41) is 3.19. The summed E-state index contributed by atoms with van der Waals surface area (Å²) in [6.07, 6.45) is 0. The van der Waals surface area contributed by atoms with Crippen LogP contribution < -0.4 is 10.1 Å². The second-order valence-electron chi connectivity index (χ2n) is 8.63. The van der Waals surface area contributed by atoms with Crippen molar-refractivity contribution in [3.8, 4) is 11.5 Å². The number of hydrogen-bond donors (Lipinski definition) is 1. The first kappa shape index (κ1) is 26.4. The standard InChI is InChI=1S/C29H27ClN2O4S/c1-21-13-14-22(2)28(17-21)37(34,35)32(19-23-9-5-3-6-10-23)20-29(33)31-26-18-24(30)15-16-27(26)36-25-11-7-4-8-12-25/h3-18H,19-20H2,1-2H3,(H,31,33). The number of nitrogens with zero attached hydrogens (tertiary/aromatic N) is 1. The number of hydrogen-bond acceptors (Lipinski definition) is 4. The smallest absolute Gasteiger partial charge is 0.244 e. The van der Waals surface area contributed by atoms with Crippen molar-refractivity contribution in [3.05, 3.63) is 119 Å². The van der Waals surface area contributed by atoms with Crippen LogP contribution in [0.3, 0.4) is 0 Å². The predicted octanol–water partition coefficient (Wildman–Crippen LogP) is 6.58. The molecule has 1 N–H and O–H groups in total. The monoisotopic (exact) mass is 534 g/mol. The Morgan fingerprint density at radius 1 is 0.892 bits per heavy atom. The lowest BCUT2D eigenvalue weighted by atomic mass is 10.2. The minimum absolute atomic E-state index is 0.0346. The van der Waals surface area contributed by atoms with Crippen molar-refractivity contribution in [3.63, 3.8) is 0 Å². The van der Waals surface area contributed by atoms with Crippen LogP contribution in [-0.2, 0) is 21.4 Å². The van der Waals surface area contributed by atoms with Crippen LogP contribution in [0, 0.1) is 13.8 Å². The van der Waals surface area contributed by atoms with E-state index in [2.05, 4.69) is 5.32 Å². The van der Waals surface area contributed by atoms with Gasteiger partial charge in [0.05, 0.1) is 17.1 Å². The Balaban J connectivity index is 1.62. The molecular formula is C29H27ClN2O4S. The third kappa shape index (κ3) is 6.77. The van der Waals surface area contributed by atoms with Crippen molar-refractivity contribution in [1.29, 1.82) is 0 Å². The van der Waals surface area contributed by atoms with Gasteiger partial charge in [0.1, 0.15) is 5.75 Å². The molecular weight excluding hydrogens is 508 g/mol. The normalized spacial score (nSPS) is 11.4. The first-order valence-electron chi connectivity index (χ1n) is 11.7. The lowest BCUT2D eigenvalue weighted by Crippen LogP contribution is -2.38. The molecule has 190 valence electrons. The lowest BCUT2D eigenvalue weighted by Gasteiger charge is -2.23. The summed E-state index contributed by atoms with van der Waals surface area (Å²) >= 11 is 6.19. The number of para-hydroxylation sites is 1. The molecule has 0 radical (unpaired) electrons. The van der Waals surface area contributed by atoms with Gasteiger partial charge in [-0.15, -0.1) is 0 Å². The van der Waals surface area contributed by atoms with Gasteiger partial charge in [-0.3, -0.25) is 4.79 Å². The van der Waals surface area contributed by atoms with Crippen LogP contribution in [0.4, 0.5) is 5.69 Å². The molecule has 0 aliphatic heterocycles. The van der Waals surface area contributed by atoms with E-state index in [9.17, 15) is 13.2 Å². The molecule has 1 amide bonds. The molecule has 0 unspecified atom stereocenters. The Morgan fingerprint density at radius 3 is 2.27 bits per heavy atom. The Hall–Kier alpha value is -3.65. The van der Waals surface area contributed by atoms with Crippen molar-refractivity contribution in [2.75, 3.05) is 11.9 Å². The Labute approximate surface area is 222 Å². The highest BCUT2D eigenvalue weighted by Crippen LogP contribution is 2.32. The third-order valence-corrected chi connectivity index (χ3v) is 7.84. The van der Waals surface area contributed by atoms with Gasteiger partial charge in [0.25, 0.3) is 0 Å². The van der Waals surface area contributed by atoms with Crippen LogP contribution >= 0.6 is 11.6 Å². The molecule has 0 fully saturated rings. The van der Waals surface area contributed by atoms with E-state index >= 15 is 0 Å². The number of sulfonamides is 1. The number of anilines is 1. The highest BCUT2D eigenvalue weighted by atomic mass is 35.5. The van der Waals surface area contributed by atoms with Gasteiger partial charge in [0.15, 0.2) is 5.75 Å². The van der Waals surface area contributed by atoms with E-state index in [0.29, 0.717) is 27.8 Å². The van der Waals surface area contributed by atoms with E-state index in [1.54, 1.807) is 49.4 Å². The van der Waals surface area contributed by atoms with Crippen LogP contribution in [0.15, 0.2) is 102 Å². The van der Waals surface area contributed by atoms with Crippen molar-refractivity contribution in [1.82, 2.24) is 4.31 Å². The zero-order valence-electron chi connectivity index (χ0n) is 20.5. The largest absolute Gasteiger partial charge is 0.455 e. The maximum atomic E-state index is 13.8. The fraction of sp³-hybridized carbons (Fsp3) is 0.138. The molecule has 4 rings (SSSR count). The van der Waals surface area contributed by atoms with Gasteiger partial charge in [0.2, 0.25) is 15.9 Å². The molecule has 37 heavy (non-hydrogen) atoms. The first-order valence-corrected chi connectivity index (χ1v) is 13.5. The van der Waals surface area contributed by atoms with Crippen LogP contribution in [0.1, 0.15) is 16.7 Å². The fourth-order valence-corrected chi connectivity index (χ4v) is 5.66. The van der Waals surface area contributed by atoms with Gasteiger partial charge < -0.3 is 10.1 Å². The summed E-state index contributed by atoms with van der Waals surface area (Å²) in [6.45, 7) is 3.21. The quantitative estimate of drug-likeness (QED) is 0.263. The summed E-state index contributed by atoms with van der Waals surface area (Å²) in [7, 11) is -3.99. The van der Waals surface area contributed by atoms with Gasteiger partial charge in [-0.05, 0) is 66.9 Å². The van der Waals surface area contributed by atoms with Crippen molar-refractivity contribution in [2.45, 2.75) is 25.3 Å². The number of nitrogens with one attached hydrogen (secondary N) is 1. The molecule has 4 aromatic rings. The minimum atomic E-state index is -3.99. The zero-order valence-corrected chi connectivity index (χ0v) is 22.1. The Kier molecular flexibility index (Phi) is 8.28. The third-order valence-electron chi connectivity index (χ3n) is 5.67. The zero-order chi connectivity index (χ0) is 26.4. The van der Waals surface area contributed by atoms with Crippen molar-refractivity contribution < 1.29 is 17.9 Å². The molecule has 6 nitrogen and oxygen atoms in total. The molecule has 0 atom stereocenters. The summed E-state index contributed by atoms with van der Waals surface area (Å²) in [5.74, 6) is 0.449. The molecule has 0 aliphatic rings. The fourth-order valence-electron chi connectivity index (χ4n) is 3.79. The number of benzene rings is 4. The molecule has 0 saturated carbocycles. The van der Waals surface area contributed by atoms with E-state index in [1.807, 2.05) is 61.5 Å². The van der Waals surface area contributed by atoms with E-state index < -0.39 is 22.5 Å². The Bertz CT molecular complexity index is 1490. The molecule has 0 bridgehead atoms. The number of rotatable bonds is 9. The van der Waals surface area contributed by atoms with Crippen molar-refractivity contribution in [2.24, 2.45) is 0 Å².